The molecule has 8 aromatic heterocycles. The van der Waals surface area contributed by atoms with Gasteiger partial charge in [0, 0.05) is 97.5 Å². The minimum atomic E-state index is -3.77. The van der Waals surface area contributed by atoms with E-state index in [4.69, 9.17) is 28.3 Å². The second kappa shape index (κ2) is 21.2. The first-order valence-corrected chi connectivity index (χ1v) is 31.0. The van der Waals surface area contributed by atoms with Crippen LogP contribution in [-0.4, -0.2) is 97.6 Å². The highest BCUT2D eigenvalue weighted by atomic mass is 32.2. The van der Waals surface area contributed by atoms with Crippen molar-refractivity contribution in [2.75, 3.05) is 49.3 Å². The van der Waals surface area contributed by atoms with Gasteiger partial charge in [-0.2, -0.15) is 0 Å². The summed E-state index contributed by atoms with van der Waals surface area (Å²) in [5.41, 5.74) is 5.78. The van der Waals surface area contributed by atoms with Gasteiger partial charge in [0.2, 0.25) is 31.8 Å². The van der Waals surface area contributed by atoms with Crippen LogP contribution in [0.1, 0.15) is 26.3 Å². The van der Waals surface area contributed by atoms with Crippen LogP contribution in [0.4, 0.5) is 20.2 Å². The van der Waals surface area contributed by atoms with E-state index < -0.39 is 43.0 Å². The van der Waals surface area contributed by atoms with Crippen molar-refractivity contribution < 1.29 is 53.5 Å². The van der Waals surface area contributed by atoms with Gasteiger partial charge in [0.15, 0.2) is 13.5 Å². The Labute approximate surface area is 504 Å². The fourth-order valence-electron chi connectivity index (χ4n) is 11.1. The van der Waals surface area contributed by atoms with E-state index in [-0.39, 0.29) is 70.5 Å². The van der Waals surface area contributed by atoms with Crippen molar-refractivity contribution in [1.29, 1.82) is 0 Å². The van der Waals surface area contributed by atoms with Crippen molar-refractivity contribution in [3.63, 3.8) is 0 Å². The van der Waals surface area contributed by atoms with E-state index in [0.29, 0.717) is 89.4 Å². The van der Waals surface area contributed by atoms with Gasteiger partial charge in [-0.05, 0) is 97.4 Å². The number of fused-ring (bicyclic) bond motifs is 12. The molecule has 4 aromatic carbocycles. The fourth-order valence-corrected chi connectivity index (χ4v) is 12.1. The molecule has 89 heavy (non-hydrogen) atoms. The number of benzene rings is 4. The molecule has 2 aliphatic heterocycles. The lowest BCUT2D eigenvalue weighted by molar-refractivity contribution is 0.0955. The molecule has 0 spiro atoms. The third-order valence-corrected chi connectivity index (χ3v) is 18.1. The number of aromatic nitrogens is 6. The predicted octanol–water partition coefficient (Wildman–Crippen LogP) is 9.33. The maximum Gasteiger partial charge on any atom is 0.257 e. The van der Waals surface area contributed by atoms with Gasteiger partial charge < -0.3 is 38.1 Å². The number of nitrogens with one attached hydrogen (secondary N) is 2. The fraction of sp³-hybridized carbons (Fsp3) is 0.143. The van der Waals surface area contributed by atoms with Crippen LogP contribution >= 0.6 is 0 Å². The zero-order chi connectivity index (χ0) is 62.7. The van der Waals surface area contributed by atoms with Crippen molar-refractivity contribution in [1.82, 2.24) is 38.9 Å². The van der Waals surface area contributed by atoms with Crippen molar-refractivity contribution in [3.05, 3.63) is 189 Å². The van der Waals surface area contributed by atoms with Crippen LogP contribution in [0.3, 0.4) is 0 Å². The van der Waals surface area contributed by atoms with Gasteiger partial charge in [-0.25, -0.2) is 35.6 Å². The van der Waals surface area contributed by atoms with E-state index in [9.17, 15) is 44.8 Å². The number of aryl methyl sites for hydroxylation is 1. The number of sulfonamides is 2. The highest BCUT2D eigenvalue weighted by Crippen LogP contribution is 2.45. The van der Waals surface area contributed by atoms with Crippen LogP contribution in [0.25, 0.3) is 101 Å². The highest BCUT2D eigenvalue weighted by Gasteiger charge is 2.32. The summed E-state index contributed by atoms with van der Waals surface area (Å²) in [5, 5.41) is 6.71. The van der Waals surface area contributed by atoms with E-state index in [0.717, 1.165) is 26.7 Å². The number of hydrogen-bond acceptors (Lipinski definition) is 14. The predicted molar refractivity (Wildman–Crippen MR) is 331 cm³/mol. The lowest BCUT2D eigenvalue weighted by Crippen LogP contribution is -2.25. The Kier molecular flexibility index (Phi) is 13.7. The van der Waals surface area contributed by atoms with E-state index in [1.54, 1.807) is 97.9 Å². The normalized spacial score (nSPS) is 12.6. The van der Waals surface area contributed by atoms with Crippen LogP contribution in [0.2, 0.25) is 0 Å². The molecule has 0 radical (unpaired) electrons. The van der Waals surface area contributed by atoms with Crippen LogP contribution in [0.15, 0.2) is 158 Å². The lowest BCUT2D eigenvalue weighted by Gasteiger charge is -2.23. The molecule has 0 saturated heterocycles. The monoisotopic (exact) mass is 1240 g/mol. The van der Waals surface area contributed by atoms with E-state index in [1.807, 2.05) is 9.13 Å². The third-order valence-electron chi connectivity index (χ3n) is 15.7. The molecule has 2 amide bonds. The first-order chi connectivity index (χ1) is 42.5. The number of carbonyl (C=O) groups excluding carboxylic acids is 2. The van der Waals surface area contributed by atoms with Gasteiger partial charge in [-0.1, -0.05) is 18.2 Å². The summed E-state index contributed by atoms with van der Waals surface area (Å²) in [6, 6.07) is 33.7. The van der Waals surface area contributed by atoms with Gasteiger partial charge in [0.1, 0.15) is 56.8 Å². The average molecular weight is 1240 g/mol. The summed E-state index contributed by atoms with van der Waals surface area (Å²) in [6.45, 7) is 2.10. The molecule has 0 unspecified atom stereocenters. The van der Waals surface area contributed by atoms with Crippen LogP contribution in [0, 0.1) is 18.6 Å². The molecular weight excluding hydrogens is 1190 g/mol. The first-order valence-electron chi connectivity index (χ1n) is 27.3. The molecule has 0 aliphatic carbocycles. The van der Waals surface area contributed by atoms with Crippen molar-refractivity contribution in [2.45, 2.75) is 20.4 Å². The third kappa shape index (κ3) is 9.59. The maximum absolute atomic E-state index is 14.7. The highest BCUT2D eigenvalue weighted by molar-refractivity contribution is 7.92. The Morgan fingerprint density at radius 1 is 0.551 bits per heavy atom. The molecule has 2 aliphatic rings. The number of pyridine rings is 4. The van der Waals surface area contributed by atoms with Crippen LogP contribution in [-0.2, 0) is 33.5 Å². The van der Waals surface area contributed by atoms with Gasteiger partial charge >= 0.3 is 0 Å². The van der Waals surface area contributed by atoms with E-state index in [1.165, 1.54) is 86.1 Å². The number of anilines is 2. The molecule has 14 rings (SSSR count). The van der Waals surface area contributed by atoms with E-state index in [2.05, 4.69) is 10.6 Å². The Balaban J connectivity index is 0.000000164. The Morgan fingerprint density at radius 2 is 1.01 bits per heavy atom. The van der Waals surface area contributed by atoms with Gasteiger partial charge in [-0.15, -0.1) is 0 Å². The lowest BCUT2D eigenvalue weighted by atomic mass is 10.0. The Bertz CT molecular complexity index is 5400. The van der Waals surface area contributed by atoms with Crippen LogP contribution in [0.5, 0.6) is 11.5 Å². The topological polar surface area (TPSA) is 257 Å². The molecule has 2 N–H and O–H groups in total. The number of hydrogen-bond donors (Lipinski definition) is 2. The van der Waals surface area contributed by atoms with Gasteiger partial charge in [0.05, 0.1) is 57.7 Å². The molecule has 0 fully saturated rings. The summed E-state index contributed by atoms with van der Waals surface area (Å²) in [7, 11) is -1.83. The average Bonchev–Trinajstić information content (AvgIpc) is 2.03. The maximum atomic E-state index is 14.7. The number of furan rings is 2. The zero-order valence-corrected chi connectivity index (χ0v) is 49.9. The largest absolute Gasteiger partial charge is 0.470 e. The summed E-state index contributed by atoms with van der Waals surface area (Å²) < 4.78 is 113. The Morgan fingerprint density at radius 3 is 1.44 bits per heavy atom. The summed E-state index contributed by atoms with van der Waals surface area (Å²) in [4.78, 5) is 61.9. The van der Waals surface area contributed by atoms with Gasteiger partial charge in [0.25, 0.3) is 22.9 Å². The molecule has 26 heteroatoms. The molecular formula is C63H50F2N10O12S2. The standard InChI is InChI=1S/C32H26FN5O6S.C31H24FN5O6S/c1-17-10-11-37(28(39)12-17)32-29(31(40)34-2)20-13-19(24(15-27(20)44-32)36(3)45(4,41)42)22-8-9-26-30(35-22)25-14-18-21(33)6-5-7-23(18)38(25)16-43-26;1-33-30(39)28-19-13-18(23(35(2)44(3,40)41)15-26(19)43-31(28)36-12-5-4-9-27(36)38)21-10-11-25-29(34-21)24-14-17-20(32)7-6-8-22(17)37(24)16-42-25/h5-15H,16H2,1-4H3,(H,34,40);4-15H,16H2,1-3H3,(H,33,39). The number of halogens is 2. The minimum absolute atomic E-state index is 0.0159. The number of amides is 2. The van der Waals surface area contributed by atoms with Crippen molar-refractivity contribution >= 4 is 87.0 Å². The summed E-state index contributed by atoms with van der Waals surface area (Å²) >= 11 is 0. The summed E-state index contributed by atoms with van der Waals surface area (Å²) in [5.74, 6) is -0.856. The number of rotatable bonds is 10. The number of carbonyl (C=O) groups is 2. The molecule has 0 atom stereocenters. The molecule has 22 nitrogen and oxygen atoms in total. The van der Waals surface area contributed by atoms with Crippen molar-refractivity contribution in [2.24, 2.45) is 0 Å². The SMILES string of the molecule is CNC(=O)c1c(-n2ccc(C)cc2=O)oc2cc(N(C)S(C)(=O)=O)c(-c3ccc4c(n3)-c3cc5c(F)cccc5n3CO4)cc12.CNC(=O)c1c(-n2ccccc2=O)oc2cc(N(C)S(C)(=O)=O)c(-c3ccc4c(n3)-c3cc5c(F)cccc5n3CO4)cc12. The van der Waals surface area contributed by atoms with Gasteiger partial charge in [-0.3, -0.25) is 36.9 Å². The van der Waals surface area contributed by atoms with Crippen LogP contribution < -0.4 is 39.8 Å². The second-order valence-corrected chi connectivity index (χ2v) is 25.2. The Hall–Kier alpha value is -10.9. The van der Waals surface area contributed by atoms with E-state index >= 15 is 0 Å². The molecule has 450 valence electrons. The molecule has 0 bridgehead atoms. The molecule has 0 saturated carbocycles. The summed E-state index contributed by atoms with van der Waals surface area (Å²) in [6.07, 6.45) is 5.12. The first kappa shape index (κ1) is 57.2. The number of nitrogens with zero attached hydrogens (tertiary/aromatic N) is 8. The second-order valence-electron chi connectivity index (χ2n) is 21.1. The zero-order valence-electron chi connectivity index (χ0n) is 48.2. The quantitative estimate of drug-likeness (QED) is 0.129. The smallest absolute Gasteiger partial charge is 0.257 e. The molecule has 10 heterocycles. The number of ether oxygens (including phenoxy) is 2. The minimum Gasteiger partial charge on any atom is -0.470 e. The van der Waals surface area contributed by atoms with Crippen molar-refractivity contribution in [3.8, 4) is 68.6 Å². The molecule has 12 aromatic rings.